The normalized spacial score (nSPS) is 10.9. The molecule has 0 aliphatic carbocycles. The highest BCUT2D eigenvalue weighted by Crippen LogP contribution is 2.27. The van der Waals surface area contributed by atoms with Crippen LogP contribution >= 0.6 is 0 Å². The molecule has 0 bridgehead atoms. The largest absolute Gasteiger partial charge is 0.478 e. The predicted octanol–water partition coefficient (Wildman–Crippen LogP) is 1.77. The number of nitrogens with zero attached hydrogens (tertiary/aromatic N) is 1. The van der Waals surface area contributed by atoms with Gasteiger partial charge in [-0.1, -0.05) is 6.07 Å². The van der Waals surface area contributed by atoms with Crippen molar-refractivity contribution in [1.82, 2.24) is 0 Å². The monoisotopic (exact) mass is 237 g/mol. The van der Waals surface area contributed by atoms with Crippen molar-refractivity contribution in [2.75, 3.05) is 0 Å². The van der Waals surface area contributed by atoms with Gasteiger partial charge >= 0.3 is 5.97 Å². The first-order valence-corrected chi connectivity index (χ1v) is 4.78. The van der Waals surface area contributed by atoms with Gasteiger partial charge in [-0.05, 0) is 19.4 Å². The van der Waals surface area contributed by atoms with E-state index in [0.717, 1.165) is 6.07 Å². The fourth-order valence-corrected chi connectivity index (χ4v) is 1.45. The lowest BCUT2D eigenvalue weighted by atomic mass is 9.83. The number of carbonyl (C=O) groups is 2. The maximum atomic E-state index is 11.0. The van der Waals surface area contributed by atoms with Crippen LogP contribution in [0.15, 0.2) is 18.2 Å². The Morgan fingerprint density at radius 1 is 1.47 bits per heavy atom. The number of aldehydes is 1. The van der Waals surface area contributed by atoms with Gasteiger partial charge in [0.2, 0.25) is 0 Å². The molecule has 1 N–H and O–H groups in total. The summed E-state index contributed by atoms with van der Waals surface area (Å²) >= 11 is 0. The van der Waals surface area contributed by atoms with Crippen LogP contribution in [-0.4, -0.2) is 22.3 Å². The Bertz CT molecular complexity index is 493. The summed E-state index contributed by atoms with van der Waals surface area (Å²) in [6.07, 6.45) is 0.612. The molecule has 0 saturated carbocycles. The van der Waals surface area contributed by atoms with Crippen molar-refractivity contribution in [3.05, 3.63) is 39.4 Å². The second-order valence-electron chi connectivity index (χ2n) is 4.13. The number of aromatic carboxylic acids is 1. The smallest absolute Gasteiger partial charge is 0.336 e. The maximum Gasteiger partial charge on any atom is 0.336 e. The van der Waals surface area contributed by atoms with Crippen molar-refractivity contribution in [3.8, 4) is 0 Å². The molecular weight excluding hydrogens is 226 g/mol. The predicted molar refractivity (Wildman–Crippen MR) is 59.1 cm³/mol. The van der Waals surface area contributed by atoms with Gasteiger partial charge in [-0.15, -0.1) is 0 Å². The minimum Gasteiger partial charge on any atom is -0.478 e. The average Bonchev–Trinajstić information content (AvgIpc) is 2.28. The molecule has 0 radical (unpaired) electrons. The van der Waals surface area contributed by atoms with E-state index < -0.39 is 16.3 Å². The number of carbonyl (C=O) groups excluding carboxylic acids is 1. The number of hydrogen-bond acceptors (Lipinski definition) is 4. The van der Waals surface area contributed by atoms with Gasteiger partial charge in [0.15, 0.2) is 0 Å². The van der Waals surface area contributed by atoms with Crippen molar-refractivity contribution in [3.63, 3.8) is 0 Å². The Morgan fingerprint density at radius 3 is 2.47 bits per heavy atom. The Labute approximate surface area is 97.0 Å². The van der Waals surface area contributed by atoms with Gasteiger partial charge in [-0.25, -0.2) is 4.79 Å². The van der Waals surface area contributed by atoms with E-state index >= 15 is 0 Å². The van der Waals surface area contributed by atoms with E-state index in [9.17, 15) is 19.7 Å². The van der Waals surface area contributed by atoms with Crippen molar-refractivity contribution >= 4 is 17.9 Å². The van der Waals surface area contributed by atoms with Gasteiger partial charge in [-0.2, -0.15) is 0 Å². The average molecular weight is 237 g/mol. The molecule has 0 spiro atoms. The Hall–Kier alpha value is -2.24. The number of carboxylic acid groups (broad SMARTS) is 1. The standard InChI is InChI=1S/C11H11NO5/c1-11(2,6-13)9-4-3-7(12(16)17)5-8(9)10(14)15/h3-6H,1-2H3,(H,14,15). The third-order valence-electron chi connectivity index (χ3n) is 2.43. The van der Waals surface area contributed by atoms with Gasteiger partial charge in [0, 0.05) is 17.5 Å². The Balaban J connectivity index is 3.48. The van der Waals surface area contributed by atoms with Crippen molar-refractivity contribution in [2.24, 2.45) is 0 Å². The van der Waals surface area contributed by atoms with Crippen LogP contribution in [0.1, 0.15) is 29.8 Å². The molecule has 0 heterocycles. The molecule has 0 aliphatic heterocycles. The van der Waals surface area contributed by atoms with E-state index in [1.165, 1.54) is 12.1 Å². The van der Waals surface area contributed by atoms with Crippen molar-refractivity contribution < 1.29 is 19.6 Å². The molecule has 0 aliphatic rings. The third-order valence-corrected chi connectivity index (χ3v) is 2.43. The van der Waals surface area contributed by atoms with Crippen LogP contribution in [0.25, 0.3) is 0 Å². The number of nitro groups is 1. The maximum absolute atomic E-state index is 11.0. The van der Waals surface area contributed by atoms with Crippen LogP contribution in [0.4, 0.5) is 5.69 Å². The summed E-state index contributed by atoms with van der Waals surface area (Å²) in [5.74, 6) is -1.29. The minimum absolute atomic E-state index is 0.226. The summed E-state index contributed by atoms with van der Waals surface area (Å²) in [5.41, 5.74) is -1.28. The van der Waals surface area contributed by atoms with Crippen LogP contribution in [0, 0.1) is 10.1 Å². The molecule has 90 valence electrons. The molecule has 0 saturated heterocycles. The molecule has 0 atom stereocenters. The van der Waals surface area contributed by atoms with Gasteiger partial charge < -0.3 is 9.90 Å². The summed E-state index contributed by atoms with van der Waals surface area (Å²) in [5, 5.41) is 19.5. The van der Waals surface area contributed by atoms with E-state index in [2.05, 4.69) is 0 Å². The molecule has 6 heteroatoms. The lowest BCUT2D eigenvalue weighted by Gasteiger charge is -2.19. The lowest BCUT2D eigenvalue weighted by molar-refractivity contribution is -0.384. The van der Waals surface area contributed by atoms with Crippen molar-refractivity contribution in [1.29, 1.82) is 0 Å². The molecule has 0 fully saturated rings. The SMILES string of the molecule is CC(C)(C=O)c1ccc([N+](=O)[O-])cc1C(=O)O. The summed E-state index contributed by atoms with van der Waals surface area (Å²) in [6.45, 7) is 3.10. The van der Waals surface area contributed by atoms with Gasteiger partial charge in [0.1, 0.15) is 6.29 Å². The summed E-state index contributed by atoms with van der Waals surface area (Å²) in [4.78, 5) is 31.8. The molecular formula is C11H11NO5. The quantitative estimate of drug-likeness (QED) is 0.489. The highest BCUT2D eigenvalue weighted by molar-refractivity contribution is 5.92. The molecule has 1 aromatic rings. The Morgan fingerprint density at radius 2 is 2.06 bits per heavy atom. The number of non-ortho nitro benzene ring substituents is 1. The first-order valence-electron chi connectivity index (χ1n) is 4.78. The van der Waals surface area contributed by atoms with E-state index in [-0.39, 0.29) is 16.8 Å². The number of benzene rings is 1. The number of nitro benzene ring substituents is 1. The zero-order valence-corrected chi connectivity index (χ0v) is 9.34. The molecule has 1 aromatic carbocycles. The van der Waals surface area contributed by atoms with Crippen LogP contribution < -0.4 is 0 Å². The van der Waals surface area contributed by atoms with Crippen LogP contribution in [0.2, 0.25) is 0 Å². The fourth-order valence-electron chi connectivity index (χ4n) is 1.45. The molecule has 17 heavy (non-hydrogen) atoms. The summed E-state index contributed by atoms with van der Waals surface area (Å²) in [7, 11) is 0. The highest BCUT2D eigenvalue weighted by atomic mass is 16.6. The minimum atomic E-state index is -1.29. The first-order chi connectivity index (χ1) is 7.79. The fraction of sp³-hybridized carbons (Fsp3) is 0.273. The second-order valence-corrected chi connectivity index (χ2v) is 4.13. The van der Waals surface area contributed by atoms with Crippen LogP contribution in [0.3, 0.4) is 0 Å². The summed E-state index contributed by atoms with van der Waals surface area (Å²) in [6, 6.07) is 3.45. The Kier molecular flexibility index (Phi) is 3.26. The summed E-state index contributed by atoms with van der Waals surface area (Å²) < 4.78 is 0. The van der Waals surface area contributed by atoms with Gasteiger partial charge in [0.05, 0.1) is 10.5 Å². The molecule has 6 nitrogen and oxygen atoms in total. The topological polar surface area (TPSA) is 97.5 Å². The molecule has 1 rings (SSSR count). The number of hydrogen-bond donors (Lipinski definition) is 1. The first kappa shape index (κ1) is 12.8. The second kappa shape index (κ2) is 4.32. The van der Waals surface area contributed by atoms with E-state index in [4.69, 9.17) is 5.11 Å². The lowest BCUT2D eigenvalue weighted by Crippen LogP contribution is -2.22. The molecule has 0 aromatic heterocycles. The molecule has 0 unspecified atom stereocenters. The van der Waals surface area contributed by atoms with E-state index in [1.54, 1.807) is 13.8 Å². The number of carboxylic acids is 1. The zero-order chi connectivity index (χ0) is 13.2. The van der Waals surface area contributed by atoms with E-state index in [0.29, 0.717) is 6.29 Å². The zero-order valence-electron chi connectivity index (χ0n) is 9.34. The van der Waals surface area contributed by atoms with Crippen LogP contribution in [0.5, 0.6) is 0 Å². The number of rotatable bonds is 4. The molecule has 0 amide bonds. The van der Waals surface area contributed by atoms with Crippen molar-refractivity contribution in [2.45, 2.75) is 19.3 Å². The van der Waals surface area contributed by atoms with Gasteiger partial charge in [0.25, 0.3) is 5.69 Å². The van der Waals surface area contributed by atoms with E-state index in [1.807, 2.05) is 0 Å². The highest BCUT2D eigenvalue weighted by Gasteiger charge is 2.27. The van der Waals surface area contributed by atoms with Gasteiger partial charge in [-0.3, -0.25) is 10.1 Å². The third kappa shape index (κ3) is 2.47. The van der Waals surface area contributed by atoms with Crippen LogP contribution in [-0.2, 0) is 10.2 Å².